The first-order chi connectivity index (χ1) is 8.93. The second-order valence-electron chi connectivity index (χ2n) is 5.45. The van der Waals surface area contributed by atoms with Gasteiger partial charge < -0.3 is 9.80 Å². The maximum absolute atomic E-state index is 12.4. The van der Waals surface area contributed by atoms with Gasteiger partial charge in [0.2, 0.25) is 11.8 Å². The fourth-order valence-corrected chi connectivity index (χ4v) is 2.74. The fraction of sp³-hybridized carbons (Fsp3) is 0.467. The Labute approximate surface area is 114 Å². The molecule has 2 amide bonds. The molecule has 2 atom stereocenters. The zero-order valence-electron chi connectivity index (χ0n) is 11.9. The molecule has 4 nitrogen and oxygen atoms in total. The van der Waals surface area contributed by atoms with Crippen LogP contribution in [0.15, 0.2) is 24.3 Å². The van der Waals surface area contributed by atoms with E-state index in [1.807, 2.05) is 24.3 Å². The molecule has 0 spiro atoms. The van der Waals surface area contributed by atoms with Gasteiger partial charge >= 0.3 is 0 Å². The molecule has 0 unspecified atom stereocenters. The largest absolute Gasteiger partial charge is 0.349 e. The van der Waals surface area contributed by atoms with Gasteiger partial charge in [-0.05, 0) is 17.5 Å². The Morgan fingerprint density at radius 1 is 1.00 bits per heavy atom. The van der Waals surface area contributed by atoms with Gasteiger partial charge in [0.1, 0.15) is 0 Å². The molecule has 0 N–H and O–H groups in total. The number of rotatable bonds is 2. The Balaban J connectivity index is 2.42. The number of amides is 2. The Morgan fingerprint density at radius 3 is 2.16 bits per heavy atom. The summed E-state index contributed by atoms with van der Waals surface area (Å²) in [5, 5.41) is 0. The van der Waals surface area contributed by atoms with Gasteiger partial charge in [-0.15, -0.1) is 0 Å². The van der Waals surface area contributed by atoms with Gasteiger partial charge in [-0.25, -0.2) is 0 Å². The molecule has 0 saturated carbocycles. The molecule has 0 aliphatic heterocycles. The van der Waals surface area contributed by atoms with Gasteiger partial charge in [-0.1, -0.05) is 24.3 Å². The van der Waals surface area contributed by atoms with Crippen LogP contribution in [0.1, 0.15) is 17.0 Å². The molecule has 4 heteroatoms. The van der Waals surface area contributed by atoms with Crippen LogP contribution in [0, 0.1) is 5.92 Å². The number of nitrogens with zero attached hydrogens (tertiary/aromatic N) is 2. The maximum Gasteiger partial charge on any atom is 0.230 e. The summed E-state index contributed by atoms with van der Waals surface area (Å²) in [7, 11) is 6.95. The topological polar surface area (TPSA) is 40.6 Å². The molecule has 1 aromatic carbocycles. The number of carbonyl (C=O) groups excluding carboxylic acids is 2. The third kappa shape index (κ3) is 2.35. The lowest BCUT2D eigenvalue weighted by Gasteiger charge is -2.24. The van der Waals surface area contributed by atoms with E-state index >= 15 is 0 Å². The van der Waals surface area contributed by atoms with Gasteiger partial charge in [0, 0.05) is 28.2 Å². The second kappa shape index (κ2) is 5.03. The molecular formula is C15H20N2O2. The van der Waals surface area contributed by atoms with E-state index in [0.29, 0.717) is 6.42 Å². The molecule has 0 bridgehead atoms. The summed E-state index contributed by atoms with van der Waals surface area (Å²) in [6, 6.07) is 7.86. The Bertz CT molecular complexity index is 509. The quantitative estimate of drug-likeness (QED) is 0.799. The van der Waals surface area contributed by atoms with Gasteiger partial charge in [0.25, 0.3) is 0 Å². The number of fused-ring (bicyclic) bond motifs is 1. The van der Waals surface area contributed by atoms with Crippen molar-refractivity contribution in [3.05, 3.63) is 35.4 Å². The first-order valence-corrected chi connectivity index (χ1v) is 6.43. The first kappa shape index (κ1) is 13.6. The standard InChI is InChI=1S/C15H20N2O2/c1-16(2)14(18)12-9-10-7-5-6-8-11(10)13(12)15(19)17(3)4/h5-8,12-13H,9H2,1-4H3/t12-,13+/m1/s1. The van der Waals surface area contributed by atoms with Crippen molar-refractivity contribution in [1.82, 2.24) is 9.80 Å². The Hall–Kier alpha value is -1.84. The molecule has 0 radical (unpaired) electrons. The SMILES string of the molecule is CN(C)C(=O)[C@@H]1Cc2ccccc2[C@@H]1C(=O)N(C)C. The highest BCUT2D eigenvalue weighted by molar-refractivity contribution is 5.93. The van der Waals surface area contributed by atoms with Crippen molar-refractivity contribution in [1.29, 1.82) is 0 Å². The van der Waals surface area contributed by atoms with Crippen LogP contribution >= 0.6 is 0 Å². The van der Waals surface area contributed by atoms with Crippen LogP contribution in [0.4, 0.5) is 0 Å². The smallest absolute Gasteiger partial charge is 0.230 e. The average molecular weight is 260 g/mol. The van der Waals surface area contributed by atoms with Gasteiger partial charge in [0.05, 0.1) is 11.8 Å². The van der Waals surface area contributed by atoms with Crippen LogP contribution < -0.4 is 0 Å². The minimum Gasteiger partial charge on any atom is -0.349 e. The molecule has 0 fully saturated rings. The molecule has 0 saturated heterocycles. The molecule has 1 aliphatic carbocycles. The second-order valence-corrected chi connectivity index (χ2v) is 5.45. The number of hydrogen-bond donors (Lipinski definition) is 0. The summed E-state index contributed by atoms with van der Waals surface area (Å²) in [4.78, 5) is 27.9. The molecule has 0 heterocycles. The van der Waals surface area contributed by atoms with Crippen LogP contribution in [-0.2, 0) is 16.0 Å². The minimum atomic E-state index is -0.346. The van der Waals surface area contributed by atoms with E-state index in [4.69, 9.17) is 0 Å². The van der Waals surface area contributed by atoms with Crippen molar-refractivity contribution in [3.8, 4) is 0 Å². The summed E-state index contributed by atoms with van der Waals surface area (Å²) >= 11 is 0. The minimum absolute atomic E-state index is 0.00477. The molecule has 1 aliphatic rings. The molecule has 1 aromatic rings. The highest BCUT2D eigenvalue weighted by atomic mass is 16.2. The van der Waals surface area contributed by atoms with Gasteiger partial charge in [-0.3, -0.25) is 9.59 Å². The van der Waals surface area contributed by atoms with E-state index in [-0.39, 0.29) is 23.7 Å². The van der Waals surface area contributed by atoms with Crippen LogP contribution in [0.5, 0.6) is 0 Å². The van der Waals surface area contributed by atoms with E-state index in [2.05, 4.69) is 0 Å². The lowest BCUT2D eigenvalue weighted by molar-refractivity contribution is -0.139. The summed E-state index contributed by atoms with van der Waals surface area (Å²) in [5.74, 6) is -0.593. The highest BCUT2D eigenvalue weighted by Gasteiger charge is 2.42. The van der Waals surface area contributed by atoms with E-state index in [1.54, 1.807) is 38.0 Å². The lowest BCUT2D eigenvalue weighted by atomic mass is 9.90. The first-order valence-electron chi connectivity index (χ1n) is 6.43. The van der Waals surface area contributed by atoms with Crippen molar-refractivity contribution in [3.63, 3.8) is 0 Å². The fourth-order valence-electron chi connectivity index (χ4n) is 2.74. The van der Waals surface area contributed by atoms with Crippen LogP contribution in [0.2, 0.25) is 0 Å². The predicted molar refractivity (Wildman–Crippen MR) is 73.8 cm³/mol. The van der Waals surface area contributed by atoms with Crippen molar-refractivity contribution >= 4 is 11.8 Å². The molecule has 102 valence electrons. The van der Waals surface area contributed by atoms with Crippen molar-refractivity contribution < 1.29 is 9.59 Å². The summed E-state index contributed by atoms with van der Waals surface area (Å²) in [5.41, 5.74) is 2.12. The summed E-state index contributed by atoms with van der Waals surface area (Å²) in [6.07, 6.45) is 0.650. The lowest BCUT2D eigenvalue weighted by Crippen LogP contribution is -2.38. The third-order valence-corrected chi connectivity index (χ3v) is 3.70. The van der Waals surface area contributed by atoms with Crippen molar-refractivity contribution in [2.24, 2.45) is 5.92 Å². The highest BCUT2D eigenvalue weighted by Crippen LogP contribution is 2.39. The zero-order valence-corrected chi connectivity index (χ0v) is 11.9. The van der Waals surface area contributed by atoms with E-state index < -0.39 is 0 Å². The number of likely N-dealkylation sites (N-methyl/N-ethyl adjacent to an activating group) is 1. The van der Waals surface area contributed by atoms with E-state index in [1.165, 1.54) is 0 Å². The van der Waals surface area contributed by atoms with Gasteiger partial charge in [0.15, 0.2) is 0 Å². The predicted octanol–water partition coefficient (Wildman–Crippen LogP) is 1.12. The monoisotopic (exact) mass is 260 g/mol. The van der Waals surface area contributed by atoms with Crippen molar-refractivity contribution in [2.75, 3.05) is 28.2 Å². The Kier molecular flexibility index (Phi) is 3.60. The summed E-state index contributed by atoms with van der Waals surface area (Å²) in [6.45, 7) is 0. The molecular weight excluding hydrogens is 240 g/mol. The van der Waals surface area contributed by atoms with Crippen LogP contribution in [0.25, 0.3) is 0 Å². The van der Waals surface area contributed by atoms with Crippen LogP contribution in [-0.4, -0.2) is 49.8 Å². The molecule has 0 aromatic heterocycles. The third-order valence-electron chi connectivity index (χ3n) is 3.70. The average Bonchev–Trinajstić information content (AvgIpc) is 2.75. The molecule has 19 heavy (non-hydrogen) atoms. The Morgan fingerprint density at radius 2 is 1.58 bits per heavy atom. The van der Waals surface area contributed by atoms with Crippen molar-refractivity contribution in [2.45, 2.75) is 12.3 Å². The van der Waals surface area contributed by atoms with Gasteiger partial charge in [-0.2, -0.15) is 0 Å². The number of hydrogen-bond acceptors (Lipinski definition) is 2. The van der Waals surface area contributed by atoms with Crippen LogP contribution in [0.3, 0.4) is 0 Å². The van der Waals surface area contributed by atoms with E-state index in [9.17, 15) is 9.59 Å². The maximum atomic E-state index is 12.4. The number of benzene rings is 1. The van der Waals surface area contributed by atoms with E-state index in [0.717, 1.165) is 11.1 Å². The molecule has 2 rings (SSSR count). The number of carbonyl (C=O) groups is 2. The normalized spacial score (nSPS) is 20.8. The zero-order chi connectivity index (χ0) is 14.2. The summed E-state index contributed by atoms with van der Waals surface area (Å²) < 4.78 is 0.